The standard InChI is InChI=1S/C28H35N3O7/c1-28(2,3)38-27(35)31(25(33)15-14-24(32)30-37-20-22-12-8-5-9-13-22)17-16-29-18-23(31)26(34)36-19-21-10-6-4-7-11-21/h4-13,23,29H,14-20H2,1-3H3/p+1/t23?,31-/m1/s1. The largest absolute Gasteiger partial charge is 0.524 e. The topological polar surface area (TPSA) is 120 Å². The van der Waals surface area contributed by atoms with Crippen LogP contribution in [0.1, 0.15) is 44.7 Å². The van der Waals surface area contributed by atoms with Crippen molar-refractivity contribution in [3.8, 4) is 0 Å². The maximum atomic E-state index is 13.7. The summed E-state index contributed by atoms with van der Waals surface area (Å²) in [4.78, 5) is 58.0. The molecule has 0 aliphatic carbocycles. The molecule has 0 aromatic heterocycles. The molecule has 10 nitrogen and oxygen atoms in total. The quantitative estimate of drug-likeness (QED) is 0.291. The lowest BCUT2D eigenvalue weighted by atomic mass is 10.1. The molecular weight excluding hydrogens is 490 g/mol. The van der Waals surface area contributed by atoms with Gasteiger partial charge in [-0.25, -0.2) is 15.1 Å². The zero-order valence-electron chi connectivity index (χ0n) is 22.1. The summed E-state index contributed by atoms with van der Waals surface area (Å²) in [5, 5.41) is 3.07. The third-order valence-corrected chi connectivity index (χ3v) is 6.00. The van der Waals surface area contributed by atoms with Gasteiger partial charge in [-0.3, -0.25) is 9.63 Å². The minimum absolute atomic E-state index is 0.000157. The first-order valence-corrected chi connectivity index (χ1v) is 12.6. The molecule has 2 N–H and O–H groups in total. The third-order valence-electron chi connectivity index (χ3n) is 6.00. The summed E-state index contributed by atoms with van der Waals surface area (Å²) in [6.07, 6.45) is -1.36. The van der Waals surface area contributed by atoms with Gasteiger partial charge in [-0.15, -0.1) is 4.48 Å². The second kappa shape index (κ2) is 13.3. The van der Waals surface area contributed by atoms with Crippen molar-refractivity contribution in [2.75, 3.05) is 19.6 Å². The fourth-order valence-corrected chi connectivity index (χ4v) is 4.10. The summed E-state index contributed by atoms with van der Waals surface area (Å²) in [7, 11) is 0. The highest BCUT2D eigenvalue weighted by molar-refractivity contribution is 5.89. The molecule has 1 saturated heterocycles. The number of imide groups is 1. The van der Waals surface area contributed by atoms with Crippen molar-refractivity contribution in [3.63, 3.8) is 0 Å². The van der Waals surface area contributed by atoms with Crippen LogP contribution in [0, 0.1) is 0 Å². The van der Waals surface area contributed by atoms with E-state index in [1.807, 2.05) is 60.7 Å². The van der Waals surface area contributed by atoms with Crippen molar-refractivity contribution in [2.24, 2.45) is 0 Å². The zero-order valence-corrected chi connectivity index (χ0v) is 22.1. The van der Waals surface area contributed by atoms with Crippen LogP contribution in [0.4, 0.5) is 4.79 Å². The highest BCUT2D eigenvalue weighted by Crippen LogP contribution is 2.26. The number of hydrogen-bond acceptors (Lipinski definition) is 8. The molecule has 0 spiro atoms. The Morgan fingerprint density at radius 1 is 0.921 bits per heavy atom. The molecule has 1 unspecified atom stereocenters. The Morgan fingerprint density at radius 2 is 1.53 bits per heavy atom. The lowest BCUT2D eigenvalue weighted by molar-refractivity contribution is -0.804. The molecule has 204 valence electrons. The maximum absolute atomic E-state index is 13.7. The first-order chi connectivity index (χ1) is 18.1. The van der Waals surface area contributed by atoms with Crippen LogP contribution >= 0.6 is 0 Å². The number of carbonyl (C=O) groups excluding carboxylic acids is 4. The molecule has 0 saturated carbocycles. The molecule has 2 aromatic rings. The molecule has 1 aliphatic heterocycles. The Bertz CT molecular complexity index is 1100. The molecule has 0 radical (unpaired) electrons. The van der Waals surface area contributed by atoms with E-state index in [4.69, 9.17) is 14.3 Å². The summed E-state index contributed by atoms with van der Waals surface area (Å²) in [5.74, 6) is -1.81. The van der Waals surface area contributed by atoms with Gasteiger partial charge in [-0.05, 0) is 31.9 Å². The van der Waals surface area contributed by atoms with Gasteiger partial charge in [0.05, 0.1) is 19.6 Å². The fraction of sp³-hybridized carbons (Fsp3) is 0.429. The van der Waals surface area contributed by atoms with Crippen LogP contribution in [0.2, 0.25) is 0 Å². The number of esters is 1. The van der Waals surface area contributed by atoms with Gasteiger partial charge in [0, 0.05) is 13.0 Å². The molecule has 1 heterocycles. The van der Waals surface area contributed by atoms with Gasteiger partial charge in [0.2, 0.25) is 11.9 Å². The molecule has 10 heteroatoms. The predicted octanol–water partition coefficient (Wildman–Crippen LogP) is 3.01. The number of nitrogens with zero attached hydrogens (tertiary/aromatic N) is 1. The summed E-state index contributed by atoms with van der Waals surface area (Å²) in [6, 6.07) is 17.2. The van der Waals surface area contributed by atoms with Crippen LogP contribution < -0.4 is 10.8 Å². The molecule has 3 amide bonds. The van der Waals surface area contributed by atoms with E-state index in [0.29, 0.717) is 6.54 Å². The fourth-order valence-electron chi connectivity index (χ4n) is 4.10. The normalized spacial score (nSPS) is 19.3. The molecule has 2 atom stereocenters. The number of rotatable bonds is 9. The van der Waals surface area contributed by atoms with Crippen molar-refractivity contribution in [1.29, 1.82) is 0 Å². The van der Waals surface area contributed by atoms with Gasteiger partial charge >= 0.3 is 18.0 Å². The van der Waals surface area contributed by atoms with Gasteiger partial charge in [0.15, 0.2) is 0 Å². The van der Waals surface area contributed by atoms with Crippen molar-refractivity contribution in [2.45, 2.75) is 58.5 Å². The number of ether oxygens (including phenoxy) is 2. The van der Waals surface area contributed by atoms with Crippen LogP contribution in [-0.4, -0.2) is 59.6 Å². The van der Waals surface area contributed by atoms with Gasteiger partial charge in [-0.1, -0.05) is 60.7 Å². The average molecular weight is 527 g/mol. The lowest BCUT2D eigenvalue weighted by Crippen LogP contribution is -2.73. The number of quaternary nitrogens is 1. The van der Waals surface area contributed by atoms with E-state index in [9.17, 15) is 19.2 Å². The van der Waals surface area contributed by atoms with Crippen molar-refractivity contribution < 1.29 is 38.0 Å². The van der Waals surface area contributed by atoms with Crippen LogP contribution in [0.15, 0.2) is 60.7 Å². The van der Waals surface area contributed by atoms with E-state index in [-0.39, 0.29) is 39.1 Å². The molecule has 0 bridgehead atoms. The SMILES string of the molecule is CC(C)(C)OC(=O)[N@+]1(C(=O)CCC(=O)NOCc2ccccc2)CCNCC1C(=O)OCc1ccccc1. The van der Waals surface area contributed by atoms with E-state index in [1.54, 1.807) is 20.8 Å². The number of amides is 3. The number of piperazine rings is 1. The molecule has 2 aromatic carbocycles. The number of benzene rings is 2. The molecular formula is C28H36N3O7+. The number of hydroxylamine groups is 1. The first kappa shape index (κ1) is 29.0. The van der Waals surface area contributed by atoms with Crippen molar-refractivity contribution in [3.05, 3.63) is 71.8 Å². The Balaban J connectivity index is 1.71. The number of carbonyl (C=O) groups is 4. The molecule has 38 heavy (non-hydrogen) atoms. The van der Waals surface area contributed by atoms with Crippen LogP contribution in [-0.2, 0) is 41.9 Å². The maximum Gasteiger partial charge on any atom is 0.524 e. The Kier molecular flexibility index (Phi) is 10.1. The summed E-state index contributed by atoms with van der Waals surface area (Å²) in [6.45, 7) is 5.58. The Hall–Kier alpha value is -3.60. The predicted molar refractivity (Wildman–Crippen MR) is 138 cm³/mol. The van der Waals surface area contributed by atoms with Gasteiger partial charge in [0.25, 0.3) is 0 Å². The van der Waals surface area contributed by atoms with E-state index in [1.165, 1.54) is 0 Å². The summed E-state index contributed by atoms with van der Waals surface area (Å²) < 4.78 is 10.3. The van der Waals surface area contributed by atoms with Crippen LogP contribution in [0.5, 0.6) is 0 Å². The summed E-state index contributed by atoms with van der Waals surface area (Å²) >= 11 is 0. The molecule has 1 aliphatic rings. The van der Waals surface area contributed by atoms with Crippen molar-refractivity contribution >= 4 is 23.9 Å². The van der Waals surface area contributed by atoms with Crippen LogP contribution in [0.25, 0.3) is 0 Å². The third kappa shape index (κ3) is 7.95. The monoisotopic (exact) mass is 526 g/mol. The van der Waals surface area contributed by atoms with E-state index in [2.05, 4.69) is 10.8 Å². The number of hydrogen-bond donors (Lipinski definition) is 2. The van der Waals surface area contributed by atoms with Gasteiger partial charge in [0.1, 0.15) is 18.8 Å². The van der Waals surface area contributed by atoms with Gasteiger partial charge < -0.3 is 14.8 Å². The van der Waals surface area contributed by atoms with Gasteiger partial charge in [-0.2, -0.15) is 4.79 Å². The smallest absolute Gasteiger partial charge is 0.456 e. The highest BCUT2D eigenvalue weighted by atomic mass is 16.6. The Labute approximate surface area is 222 Å². The lowest BCUT2D eigenvalue weighted by Gasteiger charge is -2.41. The first-order valence-electron chi connectivity index (χ1n) is 12.6. The average Bonchev–Trinajstić information content (AvgIpc) is 2.90. The molecule has 1 fully saturated rings. The highest BCUT2D eigenvalue weighted by Gasteiger charge is 2.58. The minimum Gasteiger partial charge on any atom is -0.456 e. The van der Waals surface area contributed by atoms with E-state index in [0.717, 1.165) is 11.1 Å². The van der Waals surface area contributed by atoms with Crippen LogP contribution in [0.3, 0.4) is 0 Å². The number of nitrogens with one attached hydrogen (secondary N) is 2. The summed E-state index contributed by atoms with van der Waals surface area (Å²) in [5.41, 5.74) is 3.08. The zero-order chi connectivity index (χ0) is 27.6. The minimum atomic E-state index is -1.16. The van der Waals surface area contributed by atoms with Crippen molar-refractivity contribution in [1.82, 2.24) is 10.8 Å². The second-order valence-corrected chi connectivity index (χ2v) is 10.1. The second-order valence-electron chi connectivity index (χ2n) is 10.1. The van der Waals surface area contributed by atoms with E-state index >= 15 is 0 Å². The van der Waals surface area contributed by atoms with E-state index < -0.39 is 40.0 Å². The molecule has 3 rings (SSSR count). The Morgan fingerprint density at radius 3 is 2.13 bits per heavy atom.